The molecule has 342 valence electrons. The van der Waals surface area contributed by atoms with Crippen molar-refractivity contribution in [3.63, 3.8) is 0 Å². The maximum absolute atomic E-state index is 14.6. The molecule has 2 aromatic rings. The van der Waals surface area contributed by atoms with Crippen LogP contribution in [0.4, 0.5) is 4.79 Å². The highest BCUT2D eigenvalue weighted by atomic mass is 16.7. The zero-order chi connectivity index (χ0) is 45.1. The number of Topliss-reactive ketones (excluding diaryl/α,β-unsaturated/α-hetero) is 1. The Morgan fingerprint density at radius 3 is 2.50 bits per heavy atom. The molecule has 1 N–H and O–H groups in total. The molecular formula is C47H67N3O12. The smallest absolute Gasteiger partial charge is 0.408 e. The lowest BCUT2D eigenvalue weighted by Gasteiger charge is -2.49. The summed E-state index contributed by atoms with van der Waals surface area (Å²) < 4.78 is 51.9. The number of aromatic nitrogens is 1. The van der Waals surface area contributed by atoms with Crippen LogP contribution in [0.25, 0.3) is 17.0 Å². The van der Waals surface area contributed by atoms with E-state index in [4.69, 9.17) is 37.9 Å². The van der Waals surface area contributed by atoms with Crippen molar-refractivity contribution in [1.29, 1.82) is 0 Å². The predicted molar refractivity (Wildman–Crippen MR) is 230 cm³/mol. The highest BCUT2D eigenvalue weighted by molar-refractivity contribution is 5.85. The monoisotopic (exact) mass is 865 g/mol. The Morgan fingerprint density at radius 2 is 1.79 bits per heavy atom. The lowest BCUT2D eigenvalue weighted by molar-refractivity contribution is -0.305. The minimum Gasteiger partial charge on any atom is -0.458 e. The fraction of sp³-hybridized carbons (Fsp3) is 0.681. The quantitative estimate of drug-likeness (QED) is 0.234. The Labute approximate surface area is 365 Å². The summed E-state index contributed by atoms with van der Waals surface area (Å²) in [6.45, 7) is 16.4. The summed E-state index contributed by atoms with van der Waals surface area (Å²) >= 11 is 0. The van der Waals surface area contributed by atoms with Crippen molar-refractivity contribution in [3.05, 3.63) is 48.2 Å². The summed E-state index contributed by atoms with van der Waals surface area (Å²) in [4.78, 5) is 61.2. The van der Waals surface area contributed by atoms with Gasteiger partial charge in [0.05, 0.1) is 67.3 Å². The van der Waals surface area contributed by atoms with Crippen LogP contribution < -0.4 is 5.32 Å². The van der Waals surface area contributed by atoms with E-state index >= 15 is 0 Å². The minimum absolute atomic E-state index is 0.0502. The Kier molecular flexibility index (Phi) is 15.2. The number of esters is 2. The summed E-state index contributed by atoms with van der Waals surface area (Å²) in [7, 11) is 3.84. The third kappa shape index (κ3) is 10.3. The molecule has 2 bridgehead atoms. The van der Waals surface area contributed by atoms with Crippen molar-refractivity contribution < 1.29 is 57.1 Å². The zero-order valence-corrected chi connectivity index (χ0v) is 38.2. The number of likely N-dealkylation sites (N-methyl/N-ethyl adjacent to an activating group) is 1. The maximum atomic E-state index is 14.6. The number of benzene rings is 1. The summed E-state index contributed by atoms with van der Waals surface area (Å²) in [6, 6.07) is 8.94. The number of fused-ring (bicyclic) bond motifs is 5. The number of nitrogens with zero attached hydrogens (tertiary/aromatic N) is 2. The second kappa shape index (κ2) is 19.8. The van der Waals surface area contributed by atoms with Crippen LogP contribution in [0.5, 0.6) is 0 Å². The number of cyclic esters (lactones) is 1. The van der Waals surface area contributed by atoms with Crippen molar-refractivity contribution in [2.45, 2.75) is 148 Å². The van der Waals surface area contributed by atoms with Gasteiger partial charge in [0.2, 0.25) is 0 Å². The first-order valence-electron chi connectivity index (χ1n) is 22.1. The minimum atomic E-state index is -1.33. The van der Waals surface area contributed by atoms with Crippen molar-refractivity contribution >= 4 is 40.8 Å². The highest BCUT2D eigenvalue weighted by Gasteiger charge is 2.58. The van der Waals surface area contributed by atoms with Gasteiger partial charge in [-0.15, -0.1) is 0 Å². The first kappa shape index (κ1) is 47.5. The third-order valence-corrected chi connectivity index (χ3v) is 13.3. The van der Waals surface area contributed by atoms with Crippen molar-refractivity contribution in [1.82, 2.24) is 15.2 Å². The van der Waals surface area contributed by atoms with Crippen LogP contribution >= 0.6 is 0 Å². The van der Waals surface area contributed by atoms with Gasteiger partial charge in [-0.25, -0.2) is 4.79 Å². The van der Waals surface area contributed by atoms with Crippen molar-refractivity contribution in [3.8, 4) is 0 Å². The van der Waals surface area contributed by atoms with Gasteiger partial charge in [0.25, 0.3) is 0 Å². The number of ketones is 1. The van der Waals surface area contributed by atoms with E-state index in [-0.39, 0.29) is 44.2 Å². The molecule has 62 heavy (non-hydrogen) atoms. The maximum Gasteiger partial charge on any atom is 0.408 e. The molecule has 4 aliphatic heterocycles. The average molecular weight is 866 g/mol. The van der Waals surface area contributed by atoms with Gasteiger partial charge in [-0.3, -0.25) is 19.4 Å². The molecular weight excluding hydrogens is 799 g/mol. The Hall–Kier alpha value is -3.99. The number of ether oxygens (including phenoxy) is 8. The largest absolute Gasteiger partial charge is 0.458 e. The van der Waals surface area contributed by atoms with Gasteiger partial charge in [-0.05, 0) is 78.7 Å². The highest BCUT2D eigenvalue weighted by Crippen LogP contribution is 2.42. The molecule has 0 radical (unpaired) electrons. The summed E-state index contributed by atoms with van der Waals surface area (Å²) in [6.07, 6.45) is 0.704. The Morgan fingerprint density at radius 1 is 1.05 bits per heavy atom. The number of alkyl carbamates (subject to hydrolysis) is 1. The van der Waals surface area contributed by atoms with Crippen LogP contribution in [0.3, 0.4) is 0 Å². The molecule has 1 aromatic carbocycles. The summed E-state index contributed by atoms with van der Waals surface area (Å²) in [5, 5.41) is 3.88. The lowest BCUT2D eigenvalue weighted by atomic mass is 9.73. The first-order valence-corrected chi connectivity index (χ1v) is 22.1. The van der Waals surface area contributed by atoms with Gasteiger partial charge in [0.1, 0.15) is 18.0 Å². The topological polar surface area (TPSA) is 170 Å². The van der Waals surface area contributed by atoms with Gasteiger partial charge in [0.15, 0.2) is 18.0 Å². The van der Waals surface area contributed by atoms with E-state index in [9.17, 15) is 19.2 Å². The van der Waals surface area contributed by atoms with E-state index in [1.54, 1.807) is 20.8 Å². The van der Waals surface area contributed by atoms with Gasteiger partial charge in [-0.2, -0.15) is 0 Å². The predicted octanol–water partition coefficient (Wildman–Crippen LogP) is 5.90. The molecule has 4 aliphatic rings. The van der Waals surface area contributed by atoms with E-state index in [1.165, 1.54) is 6.92 Å². The fourth-order valence-electron chi connectivity index (χ4n) is 10.1. The average Bonchev–Trinajstić information content (AvgIpc) is 3.56. The van der Waals surface area contributed by atoms with E-state index < -0.39 is 95.8 Å². The third-order valence-electron chi connectivity index (χ3n) is 13.3. The van der Waals surface area contributed by atoms with Crippen LogP contribution in [0.15, 0.2) is 42.6 Å². The summed E-state index contributed by atoms with van der Waals surface area (Å²) in [5.41, 5.74) is -0.748. The molecule has 15 atom stereocenters. The molecule has 4 fully saturated rings. The fourth-order valence-corrected chi connectivity index (χ4v) is 10.1. The van der Waals surface area contributed by atoms with Crippen LogP contribution in [0.2, 0.25) is 0 Å². The number of para-hydroxylation sites is 1. The lowest BCUT2D eigenvalue weighted by Crippen LogP contribution is -2.61. The van der Waals surface area contributed by atoms with Crippen molar-refractivity contribution in [2.24, 2.45) is 23.7 Å². The van der Waals surface area contributed by atoms with Crippen LogP contribution in [-0.2, 0) is 52.3 Å². The number of amides is 1. The number of nitrogens with one attached hydrogen (secondary N) is 1. The SMILES string of the molecule is CC[C@H]1OC(=O)[C@H](C)[C@H]2OCC(OC/C=C/c3cnc4ccccc4c3)CO[C@](C)(C[C@@H](C)C(=O)[C@H](C)[C@H]3NC(=O)O[C@@]31C)[C@H](O[C@@H]1O[C@H](C)C[C@H](N(C)C)[C@H]1OC(C)=O)[C@H]2C. The van der Waals surface area contributed by atoms with Crippen LogP contribution in [-0.4, -0.2) is 134 Å². The molecule has 4 saturated heterocycles. The molecule has 1 unspecified atom stereocenters. The molecule has 0 spiro atoms. The normalized spacial score (nSPS) is 38.6. The molecule has 6 rings (SSSR count). The molecule has 1 aromatic heterocycles. The number of hydrogen-bond donors (Lipinski definition) is 1. The molecule has 0 aliphatic carbocycles. The molecule has 1 amide bonds. The second-order valence-corrected chi connectivity index (χ2v) is 18.4. The second-order valence-electron chi connectivity index (χ2n) is 18.4. The van der Waals surface area contributed by atoms with E-state index in [0.717, 1.165) is 16.5 Å². The molecule has 5 heterocycles. The Bertz CT molecular complexity index is 1940. The number of pyridine rings is 1. The van der Waals surface area contributed by atoms with E-state index in [0.29, 0.717) is 12.8 Å². The van der Waals surface area contributed by atoms with Crippen LogP contribution in [0.1, 0.15) is 87.1 Å². The number of carbonyl (C=O) groups excluding carboxylic acids is 4. The number of hydrogen-bond acceptors (Lipinski definition) is 14. The van der Waals surface area contributed by atoms with Crippen molar-refractivity contribution in [2.75, 3.05) is 33.9 Å². The number of carbonyl (C=O) groups is 4. The van der Waals surface area contributed by atoms with E-state index in [2.05, 4.69) is 16.4 Å². The zero-order valence-electron chi connectivity index (χ0n) is 38.2. The first-order chi connectivity index (χ1) is 29.3. The molecule has 15 heteroatoms. The van der Waals surface area contributed by atoms with Gasteiger partial charge in [-0.1, -0.05) is 58.0 Å². The molecule has 0 saturated carbocycles. The van der Waals surface area contributed by atoms with Crippen LogP contribution in [0, 0.1) is 23.7 Å². The number of rotatable bonds is 9. The van der Waals surface area contributed by atoms with Gasteiger partial charge in [0, 0.05) is 36.3 Å². The summed E-state index contributed by atoms with van der Waals surface area (Å²) in [5.74, 6) is -4.03. The standard InChI is InChI=1S/C47H67N3O12/c1-12-37-47(9)41(49-45(54)62-47)28(4)38(52)26(2)22-46(8)42(61-44-40(59-31(7)51)36(50(10)11)20-27(3)58-44)29(5)39(30(6)43(53)60-37)56-24-34(25-57-46)55-19-15-16-32-21-33-17-13-14-18-35(33)48-23-32/h13-18,21,23,26-30,34,36-37,39-42,44H,12,19-20,22,24-25H2,1-11H3,(H,49,54)/b16-15+/t26-,27-,28+,29+,30-,34?,36+,37-,39+,40-,41-,42-,44+,46-,47-/m1/s1. The molecule has 15 nitrogen and oxygen atoms in total. The van der Waals surface area contributed by atoms with E-state index in [1.807, 2.05) is 96.2 Å². The van der Waals surface area contributed by atoms with Gasteiger partial charge < -0.3 is 48.1 Å². The Balaban J connectivity index is 1.39. The van der Waals surface area contributed by atoms with Gasteiger partial charge >= 0.3 is 18.0 Å².